The quantitative estimate of drug-likeness (QED) is 0.688. The Balaban J connectivity index is 2.06. The second kappa shape index (κ2) is 5.31. The zero-order valence-electron chi connectivity index (χ0n) is 11.1. The first-order chi connectivity index (χ1) is 10.2. The Bertz CT molecular complexity index is 785. The zero-order valence-corrected chi connectivity index (χ0v) is 11.1. The highest BCUT2D eigenvalue weighted by atomic mass is 19.2. The van der Waals surface area contributed by atoms with Gasteiger partial charge in [0, 0.05) is 6.54 Å². The van der Waals surface area contributed by atoms with Crippen molar-refractivity contribution in [3.63, 3.8) is 0 Å². The molecule has 2 aromatic heterocycles. The molecule has 0 fully saturated rings. The third-order valence-corrected chi connectivity index (χ3v) is 2.83. The number of benzene rings is 1. The summed E-state index contributed by atoms with van der Waals surface area (Å²) in [5.41, 5.74) is 0.938. The van der Waals surface area contributed by atoms with Gasteiger partial charge < -0.3 is 15.6 Å². The lowest BCUT2D eigenvalue weighted by Crippen LogP contribution is -2.06. The molecule has 2 heterocycles. The minimum atomic E-state index is -0.964. The van der Waals surface area contributed by atoms with Gasteiger partial charge in [0.2, 0.25) is 5.95 Å². The highest BCUT2D eigenvalue weighted by Gasteiger charge is 2.13. The first-order valence-electron chi connectivity index (χ1n) is 6.35. The number of aromatic amines is 1. The van der Waals surface area contributed by atoms with Gasteiger partial charge in [-0.25, -0.2) is 13.8 Å². The number of rotatable bonds is 4. The maximum Gasteiger partial charge on any atom is 0.226 e. The van der Waals surface area contributed by atoms with Crippen LogP contribution in [0.1, 0.15) is 6.92 Å². The highest BCUT2D eigenvalue weighted by Crippen LogP contribution is 2.25. The Hall–Kier alpha value is -2.77. The molecule has 0 radical (unpaired) electrons. The molecule has 0 amide bonds. The normalized spacial score (nSPS) is 10.8. The Morgan fingerprint density at radius 2 is 2.10 bits per heavy atom. The number of nitrogens with one attached hydrogen (secondary N) is 3. The van der Waals surface area contributed by atoms with Crippen molar-refractivity contribution in [2.24, 2.45) is 0 Å². The fraction of sp³-hybridized carbons (Fsp3) is 0.154. The summed E-state index contributed by atoms with van der Waals surface area (Å²) in [6, 6.07) is 3.89. The van der Waals surface area contributed by atoms with Crippen molar-refractivity contribution in [3.8, 4) is 0 Å². The smallest absolute Gasteiger partial charge is 0.226 e. The Morgan fingerprint density at radius 1 is 1.24 bits per heavy atom. The zero-order chi connectivity index (χ0) is 14.8. The van der Waals surface area contributed by atoms with E-state index in [0.717, 1.165) is 6.07 Å². The molecule has 0 saturated carbocycles. The third-order valence-electron chi connectivity index (χ3n) is 2.83. The lowest BCUT2D eigenvalue weighted by atomic mass is 10.3. The van der Waals surface area contributed by atoms with E-state index in [1.807, 2.05) is 6.92 Å². The second-order valence-corrected chi connectivity index (χ2v) is 4.25. The first kappa shape index (κ1) is 13.2. The molecule has 1 aromatic carbocycles. The van der Waals surface area contributed by atoms with Gasteiger partial charge in [0.15, 0.2) is 23.1 Å². The molecule has 3 aromatic rings. The van der Waals surface area contributed by atoms with E-state index < -0.39 is 11.6 Å². The molecule has 108 valence electrons. The number of hydrogen-bond acceptors (Lipinski definition) is 5. The van der Waals surface area contributed by atoms with Crippen molar-refractivity contribution in [1.82, 2.24) is 19.9 Å². The van der Waals surface area contributed by atoms with Crippen LogP contribution in [0.3, 0.4) is 0 Å². The standard InChI is InChI=1S/C13H12F2N6/c1-2-16-13-20-11-10(17-6-18-11)12(21-13)19-8-5-3-4-7(14)9(8)15/h3-6H,2H2,1H3,(H3,16,17,18,19,20,21). The summed E-state index contributed by atoms with van der Waals surface area (Å²) in [6.45, 7) is 2.53. The first-order valence-corrected chi connectivity index (χ1v) is 6.35. The fourth-order valence-electron chi connectivity index (χ4n) is 1.89. The second-order valence-electron chi connectivity index (χ2n) is 4.25. The van der Waals surface area contributed by atoms with Crippen LogP contribution < -0.4 is 10.6 Å². The molecule has 0 unspecified atom stereocenters. The number of fused-ring (bicyclic) bond motifs is 1. The molecule has 21 heavy (non-hydrogen) atoms. The SMILES string of the molecule is CCNc1nc(Nc2cccc(F)c2F)c2[nH]cnc2n1. The van der Waals surface area contributed by atoms with Crippen LogP contribution in [0.25, 0.3) is 11.2 Å². The minimum absolute atomic E-state index is 0.00736. The summed E-state index contributed by atoms with van der Waals surface area (Å²) in [7, 11) is 0. The summed E-state index contributed by atoms with van der Waals surface area (Å²) in [6.07, 6.45) is 1.46. The average molecular weight is 290 g/mol. The van der Waals surface area contributed by atoms with Crippen LogP contribution in [-0.2, 0) is 0 Å². The summed E-state index contributed by atoms with van der Waals surface area (Å²) in [5.74, 6) is -1.22. The van der Waals surface area contributed by atoms with Crippen LogP contribution in [0.2, 0.25) is 0 Å². The molecular weight excluding hydrogens is 278 g/mol. The van der Waals surface area contributed by atoms with E-state index in [9.17, 15) is 8.78 Å². The summed E-state index contributed by atoms with van der Waals surface area (Å²) in [5, 5.41) is 5.72. The van der Waals surface area contributed by atoms with Gasteiger partial charge in [-0.3, -0.25) is 0 Å². The minimum Gasteiger partial charge on any atom is -0.354 e. The van der Waals surface area contributed by atoms with E-state index >= 15 is 0 Å². The van der Waals surface area contributed by atoms with Crippen molar-refractivity contribution >= 4 is 28.6 Å². The molecule has 0 atom stereocenters. The predicted octanol–water partition coefficient (Wildman–Crippen LogP) is 2.81. The molecule has 8 heteroatoms. The monoisotopic (exact) mass is 290 g/mol. The molecule has 3 N–H and O–H groups in total. The Morgan fingerprint density at radius 3 is 2.90 bits per heavy atom. The molecule has 0 aliphatic heterocycles. The molecule has 6 nitrogen and oxygen atoms in total. The van der Waals surface area contributed by atoms with Crippen LogP contribution in [0.15, 0.2) is 24.5 Å². The molecule has 0 aliphatic rings. The van der Waals surface area contributed by atoms with Crippen LogP contribution in [0.5, 0.6) is 0 Å². The lowest BCUT2D eigenvalue weighted by molar-refractivity contribution is 0.512. The van der Waals surface area contributed by atoms with Crippen LogP contribution in [0, 0.1) is 11.6 Å². The number of H-pyrrole nitrogens is 1. The summed E-state index contributed by atoms with van der Waals surface area (Å²) in [4.78, 5) is 15.3. The van der Waals surface area contributed by atoms with E-state index in [1.54, 1.807) is 0 Å². The molecular formula is C13H12F2N6. The van der Waals surface area contributed by atoms with Gasteiger partial charge in [0.05, 0.1) is 12.0 Å². The molecule has 0 spiro atoms. The van der Waals surface area contributed by atoms with E-state index in [-0.39, 0.29) is 5.69 Å². The van der Waals surface area contributed by atoms with Crippen LogP contribution in [0.4, 0.5) is 26.2 Å². The Kier molecular flexibility index (Phi) is 3.35. The van der Waals surface area contributed by atoms with E-state index in [4.69, 9.17) is 0 Å². The number of aromatic nitrogens is 4. The van der Waals surface area contributed by atoms with Crippen molar-refractivity contribution in [2.75, 3.05) is 17.2 Å². The molecule has 0 aliphatic carbocycles. The number of hydrogen-bond donors (Lipinski definition) is 3. The van der Waals surface area contributed by atoms with E-state index in [0.29, 0.717) is 29.5 Å². The van der Waals surface area contributed by atoms with Gasteiger partial charge >= 0.3 is 0 Å². The van der Waals surface area contributed by atoms with E-state index in [1.165, 1.54) is 18.5 Å². The number of halogens is 2. The third kappa shape index (κ3) is 2.47. The average Bonchev–Trinajstić information content (AvgIpc) is 2.93. The molecule has 3 rings (SSSR count). The number of anilines is 3. The van der Waals surface area contributed by atoms with Gasteiger partial charge in [-0.05, 0) is 19.1 Å². The molecule has 0 bridgehead atoms. The van der Waals surface area contributed by atoms with Crippen molar-refractivity contribution in [3.05, 3.63) is 36.2 Å². The molecule has 0 saturated heterocycles. The fourth-order valence-corrected chi connectivity index (χ4v) is 1.89. The maximum absolute atomic E-state index is 13.7. The lowest BCUT2D eigenvalue weighted by Gasteiger charge is -2.09. The van der Waals surface area contributed by atoms with Crippen molar-refractivity contribution < 1.29 is 8.78 Å². The van der Waals surface area contributed by atoms with Crippen molar-refractivity contribution in [1.29, 1.82) is 0 Å². The maximum atomic E-state index is 13.7. The van der Waals surface area contributed by atoms with Gasteiger partial charge in [-0.2, -0.15) is 9.97 Å². The van der Waals surface area contributed by atoms with Crippen LogP contribution >= 0.6 is 0 Å². The van der Waals surface area contributed by atoms with Crippen LogP contribution in [-0.4, -0.2) is 26.5 Å². The largest absolute Gasteiger partial charge is 0.354 e. The highest BCUT2D eigenvalue weighted by molar-refractivity contribution is 5.86. The van der Waals surface area contributed by atoms with Gasteiger partial charge in [0.25, 0.3) is 0 Å². The number of nitrogens with zero attached hydrogens (tertiary/aromatic N) is 3. The Labute approximate surface area is 118 Å². The van der Waals surface area contributed by atoms with Crippen molar-refractivity contribution in [2.45, 2.75) is 6.92 Å². The van der Waals surface area contributed by atoms with Gasteiger partial charge in [-0.15, -0.1) is 0 Å². The summed E-state index contributed by atoms with van der Waals surface area (Å²) < 4.78 is 27.0. The van der Waals surface area contributed by atoms with E-state index in [2.05, 4.69) is 30.6 Å². The number of imidazole rings is 1. The predicted molar refractivity (Wildman–Crippen MR) is 75.5 cm³/mol. The van der Waals surface area contributed by atoms with Gasteiger partial charge in [0.1, 0.15) is 5.52 Å². The summed E-state index contributed by atoms with van der Waals surface area (Å²) >= 11 is 0. The topological polar surface area (TPSA) is 78.5 Å². The van der Waals surface area contributed by atoms with Gasteiger partial charge in [-0.1, -0.05) is 6.07 Å².